The first-order valence-electron chi connectivity index (χ1n) is 10.3. The van der Waals surface area contributed by atoms with Crippen LogP contribution in [0.25, 0.3) is 0 Å². The monoisotopic (exact) mass is 430 g/mol. The van der Waals surface area contributed by atoms with Gasteiger partial charge in [0.1, 0.15) is 0 Å². The standard InChI is InChI=1S/C28H28P.ClH/c1-5-13-25(14-6-1)21-29(22-26-15-7-2-8-16-26,23-27-17-9-3-10-18-27)24-28-19-11-4-12-20-28;/h1-20H,21-24H2;1H/q+1;/p-1. The summed E-state index contributed by atoms with van der Waals surface area (Å²) in [7, 11) is -1.38. The van der Waals surface area contributed by atoms with Crippen LogP contribution in [0.5, 0.6) is 0 Å². The highest BCUT2D eigenvalue weighted by Gasteiger charge is 2.38. The third kappa shape index (κ3) is 6.30. The van der Waals surface area contributed by atoms with Crippen molar-refractivity contribution < 1.29 is 12.4 Å². The lowest BCUT2D eigenvalue weighted by molar-refractivity contribution is -0.00000602. The third-order valence-electron chi connectivity index (χ3n) is 5.44. The van der Waals surface area contributed by atoms with E-state index in [0.29, 0.717) is 0 Å². The Bertz CT molecular complexity index is 814. The van der Waals surface area contributed by atoms with E-state index in [1.54, 1.807) is 0 Å². The molecule has 0 spiro atoms. The van der Waals surface area contributed by atoms with Crippen molar-refractivity contribution in [3.05, 3.63) is 144 Å². The van der Waals surface area contributed by atoms with E-state index in [-0.39, 0.29) is 12.4 Å². The first-order chi connectivity index (χ1) is 14.3. The summed E-state index contributed by atoms with van der Waals surface area (Å²) >= 11 is 0. The maximum atomic E-state index is 2.30. The number of rotatable bonds is 8. The topological polar surface area (TPSA) is 0 Å². The summed E-state index contributed by atoms with van der Waals surface area (Å²) in [4.78, 5) is 0. The first-order valence-corrected chi connectivity index (χ1v) is 12.9. The van der Waals surface area contributed by atoms with E-state index >= 15 is 0 Å². The second kappa shape index (κ2) is 11.1. The zero-order valence-electron chi connectivity index (χ0n) is 17.2. The Hall–Kier alpha value is -2.40. The van der Waals surface area contributed by atoms with Crippen LogP contribution < -0.4 is 12.4 Å². The molecule has 0 unspecified atom stereocenters. The van der Waals surface area contributed by atoms with E-state index in [2.05, 4.69) is 121 Å². The minimum atomic E-state index is -1.38. The molecule has 0 nitrogen and oxygen atoms in total. The molecule has 4 aromatic carbocycles. The molecule has 0 N–H and O–H groups in total. The van der Waals surface area contributed by atoms with Crippen LogP contribution in [0.4, 0.5) is 0 Å². The van der Waals surface area contributed by atoms with E-state index in [1.165, 1.54) is 46.9 Å². The Labute approximate surface area is 187 Å². The summed E-state index contributed by atoms with van der Waals surface area (Å²) in [5, 5.41) is 0. The number of hydrogen-bond acceptors (Lipinski definition) is 0. The Morgan fingerprint density at radius 2 is 0.533 bits per heavy atom. The smallest absolute Gasteiger partial charge is 0.0852 e. The molecule has 0 amide bonds. The average Bonchev–Trinajstić information content (AvgIpc) is 2.76. The van der Waals surface area contributed by atoms with Gasteiger partial charge in [0.05, 0.1) is 24.6 Å². The van der Waals surface area contributed by atoms with Crippen molar-refractivity contribution in [2.45, 2.75) is 24.6 Å². The van der Waals surface area contributed by atoms with Gasteiger partial charge in [-0.1, -0.05) is 121 Å². The summed E-state index contributed by atoms with van der Waals surface area (Å²) in [6, 6.07) is 44.3. The fourth-order valence-electron chi connectivity index (χ4n) is 4.22. The van der Waals surface area contributed by atoms with Gasteiger partial charge in [0.25, 0.3) is 0 Å². The highest BCUT2D eigenvalue weighted by molar-refractivity contribution is 7.72. The molecule has 4 aromatic rings. The maximum Gasteiger partial charge on any atom is 0.0852 e. The quantitative estimate of drug-likeness (QED) is 0.352. The zero-order chi connectivity index (χ0) is 19.8. The van der Waals surface area contributed by atoms with Gasteiger partial charge in [0.2, 0.25) is 0 Å². The van der Waals surface area contributed by atoms with Gasteiger partial charge >= 0.3 is 0 Å². The highest BCUT2D eigenvalue weighted by Crippen LogP contribution is 2.68. The normalized spacial score (nSPS) is 10.9. The molecule has 0 aromatic heterocycles. The fraction of sp³-hybridized carbons (Fsp3) is 0.143. The molecule has 0 aliphatic heterocycles. The van der Waals surface area contributed by atoms with Gasteiger partial charge in [-0.25, -0.2) is 0 Å². The van der Waals surface area contributed by atoms with Crippen molar-refractivity contribution >= 4 is 7.26 Å². The Morgan fingerprint density at radius 1 is 0.333 bits per heavy atom. The van der Waals surface area contributed by atoms with Crippen LogP contribution in [0.2, 0.25) is 0 Å². The maximum absolute atomic E-state index is 2.30. The molecule has 0 aliphatic rings. The molecule has 0 saturated carbocycles. The summed E-state index contributed by atoms with van der Waals surface area (Å²) in [6.07, 6.45) is 4.69. The molecule has 2 heteroatoms. The van der Waals surface area contributed by atoms with E-state index in [0.717, 1.165) is 0 Å². The summed E-state index contributed by atoms with van der Waals surface area (Å²) in [5.74, 6) is 0. The van der Waals surface area contributed by atoms with Crippen LogP contribution in [-0.4, -0.2) is 0 Å². The van der Waals surface area contributed by atoms with Crippen molar-refractivity contribution in [3.63, 3.8) is 0 Å². The number of halogens is 1. The molecule has 0 radical (unpaired) electrons. The zero-order valence-corrected chi connectivity index (χ0v) is 18.9. The van der Waals surface area contributed by atoms with E-state index in [4.69, 9.17) is 0 Å². The highest BCUT2D eigenvalue weighted by atomic mass is 35.5. The summed E-state index contributed by atoms with van der Waals surface area (Å²) < 4.78 is 0. The van der Waals surface area contributed by atoms with Crippen molar-refractivity contribution in [2.75, 3.05) is 0 Å². The molecule has 152 valence electrons. The van der Waals surface area contributed by atoms with E-state index in [9.17, 15) is 0 Å². The van der Waals surface area contributed by atoms with Gasteiger partial charge in [-0.15, -0.1) is 0 Å². The summed E-state index contributed by atoms with van der Waals surface area (Å²) in [6.45, 7) is 0. The number of hydrogen-bond donors (Lipinski definition) is 0. The molecule has 4 rings (SSSR count). The van der Waals surface area contributed by atoms with Gasteiger partial charge in [0.15, 0.2) is 0 Å². The van der Waals surface area contributed by atoms with Crippen molar-refractivity contribution in [1.29, 1.82) is 0 Å². The Morgan fingerprint density at radius 3 is 0.733 bits per heavy atom. The minimum Gasteiger partial charge on any atom is -1.00 e. The SMILES string of the molecule is [Cl-].c1ccc(C[P+](Cc2ccccc2)(Cc2ccccc2)Cc2ccccc2)cc1. The van der Waals surface area contributed by atoms with Crippen LogP contribution in [-0.2, 0) is 24.6 Å². The molecule has 0 fully saturated rings. The van der Waals surface area contributed by atoms with Crippen molar-refractivity contribution in [2.24, 2.45) is 0 Å². The van der Waals surface area contributed by atoms with Crippen LogP contribution in [0.1, 0.15) is 22.3 Å². The number of benzene rings is 4. The second-order valence-corrected chi connectivity index (χ2v) is 11.9. The summed E-state index contributed by atoms with van der Waals surface area (Å²) in [5.41, 5.74) is 5.85. The fourth-order valence-corrected chi connectivity index (χ4v) is 8.83. The van der Waals surface area contributed by atoms with Gasteiger partial charge in [-0.3, -0.25) is 0 Å². The largest absolute Gasteiger partial charge is 1.00 e. The lowest BCUT2D eigenvalue weighted by atomic mass is 10.2. The lowest BCUT2D eigenvalue weighted by Gasteiger charge is -2.29. The molecular weight excluding hydrogens is 403 g/mol. The van der Waals surface area contributed by atoms with Crippen LogP contribution in [0.3, 0.4) is 0 Å². The van der Waals surface area contributed by atoms with Crippen molar-refractivity contribution in [3.8, 4) is 0 Å². The minimum absolute atomic E-state index is 0. The Kier molecular flexibility index (Phi) is 8.26. The van der Waals surface area contributed by atoms with E-state index < -0.39 is 7.26 Å². The molecule has 30 heavy (non-hydrogen) atoms. The average molecular weight is 431 g/mol. The second-order valence-electron chi connectivity index (χ2n) is 7.92. The molecule has 0 bridgehead atoms. The van der Waals surface area contributed by atoms with Gasteiger partial charge in [-0.05, 0) is 22.3 Å². The van der Waals surface area contributed by atoms with Crippen LogP contribution in [0.15, 0.2) is 121 Å². The molecule has 0 atom stereocenters. The van der Waals surface area contributed by atoms with Gasteiger partial charge < -0.3 is 12.4 Å². The van der Waals surface area contributed by atoms with Gasteiger partial charge in [-0.2, -0.15) is 0 Å². The molecule has 0 saturated heterocycles. The Balaban J connectivity index is 0.00000256. The van der Waals surface area contributed by atoms with Gasteiger partial charge in [0, 0.05) is 7.26 Å². The molecular formula is C28H28ClP. The van der Waals surface area contributed by atoms with Crippen LogP contribution in [0, 0.1) is 0 Å². The van der Waals surface area contributed by atoms with Crippen LogP contribution >= 0.6 is 7.26 Å². The van der Waals surface area contributed by atoms with Crippen molar-refractivity contribution in [1.82, 2.24) is 0 Å². The third-order valence-corrected chi connectivity index (χ3v) is 9.59. The molecule has 0 aliphatic carbocycles. The first kappa shape index (κ1) is 22.3. The predicted molar refractivity (Wildman–Crippen MR) is 128 cm³/mol. The van der Waals surface area contributed by atoms with E-state index in [1.807, 2.05) is 0 Å². The predicted octanol–water partition coefficient (Wildman–Crippen LogP) is 4.81. The molecule has 0 heterocycles. The lowest BCUT2D eigenvalue weighted by Crippen LogP contribution is -3.00.